The van der Waals surface area contributed by atoms with E-state index in [1.807, 2.05) is 11.6 Å². The molecule has 2 rings (SSSR count). The summed E-state index contributed by atoms with van der Waals surface area (Å²) in [5.41, 5.74) is 0.654. The molecule has 0 spiro atoms. The summed E-state index contributed by atoms with van der Waals surface area (Å²) in [6.07, 6.45) is 4.93. The van der Waals surface area contributed by atoms with E-state index < -0.39 is 11.0 Å². The molecule has 0 atom stereocenters. The zero-order chi connectivity index (χ0) is 11.5. The molecular weight excluding hydrogens is 208 g/mol. The molecule has 0 amide bonds. The third-order valence-corrected chi connectivity index (χ3v) is 2.43. The first-order valence-corrected chi connectivity index (χ1v) is 4.93. The Bertz CT molecular complexity index is 593. The minimum Gasteiger partial charge on any atom is -0.338 e. The quantitative estimate of drug-likeness (QED) is 0.689. The maximum atomic E-state index is 11.1. The fourth-order valence-corrected chi connectivity index (χ4v) is 1.48. The third-order valence-electron chi connectivity index (χ3n) is 2.43. The lowest BCUT2D eigenvalue weighted by Crippen LogP contribution is -2.27. The van der Waals surface area contributed by atoms with Crippen LogP contribution in [0.4, 0.5) is 0 Å². The van der Waals surface area contributed by atoms with Gasteiger partial charge in [0.2, 0.25) is 5.43 Å². The minimum absolute atomic E-state index is 0.515. The van der Waals surface area contributed by atoms with Gasteiger partial charge in [-0.05, 0) is 12.8 Å². The molecule has 2 heterocycles. The Morgan fingerprint density at radius 2 is 2.12 bits per heavy atom. The zero-order valence-electron chi connectivity index (χ0n) is 8.86. The highest BCUT2D eigenvalue weighted by Crippen LogP contribution is 2.01. The standard InChI is InChI=1S/C10H12N4O2/c1-14-6-11-5-8(14)3-2-7-4-9(15)10(16)13-12-7/h4-6H,2-3H2,1H3,(H,12,15)(H,13,16). The number of hydrogen-bond acceptors (Lipinski definition) is 3. The number of hydrogen-bond donors (Lipinski definition) is 2. The lowest BCUT2D eigenvalue weighted by Gasteiger charge is -2.01. The fraction of sp³-hybridized carbons (Fsp3) is 0.300. The van der Waals surface area contributed by atoms with Gasteiger partial charge in [-0.1, -0.05) is 0 Å². The Morgan fingerprint density at radius 3 is 2.75 bits per heavy atom. The Balaban J connectivity index is 2.11. The predicted octanol–water partition coefficient (Wildman–Crippen LogP) is -0.418. The molecule has 84 valence electrons. The Kier molecular flexibility index (Phi) is 2.72. The van der Waals surface area contributed by atoms with Gasteiger partial charge in [-0.15, -0.1) is 0 Å². The second-order valence-electron chi connectivity index (χ2n) is 3.61. The number of rotatable bonds is 3. The molecule has 0 saturated heterocycles. The van der Waals surface area contributed by atoms with E-state index in [-0.39, 0.29) is 0 Å². The first kappa shape index (κ1) is 10.4. The van der Waals surface area contributed by atoms with E-state index in [1.54, 1.807) is 12.5 Å². The van der Waals surface area contributed by atoms with Crippen molar-refractivity contribution in [2.75, 3.05) is 0 Å². The van der Waals surface area contributed by atoms with Crippen LogP contribution in [0.2, 0.25) is 0 Å². The van der Waals surface area contributed by atoms with Crippen LogP contribution in [-0.2, 0) is 19.9 Å². The summed E-state index contributed by atoms with van der Waals surface area (Å²) in [6, 6.07) is 1.33. The topological polar surface area (TPSA) is 83.5 Å². The molecule has 2 aromatic rings. The van der Waals surface area contributed by atoms with E-state index in [4.69, 9.17) is 0 Å². The summed E-state index contributed by atoms with van der Waals surface area (Å²) in [7, 11) is 1.91. The summed E-state index contributed by atoms with van der Waals surface area (Å²) >= 11 is 0. The number of imidazole rings is 1. The van der Waals surface area contributed by atoms with Gasteiger partial charge in [0.15, 0.2) is 0 Å². The van der Waals surface area contributed by atoms with E-state index in [1.165, 1.54) is 6.07 Å². The van der Waals surface area contributed by atoms with Gasteiger partial charge in [-0.2, -0.15) is 0 Å². The zero-order valence-corrected chi connectivity index (χ0v) is 8.86. The molecule has 0 saturated carbocycles. The Hall–Kier alpha value is -2.11. The molecule has 0 aliphatic heterocycles. The van der Waals surface area contributed by atoms with E-state index in [2.05, 4.69) is 15.2 Å². The van der Waals surface area contributed by atoms with E-state index in [9.17, 15) is 9.59 Å². The highest BCUT2D eigenvalue weighted by atomic mass is 16.2. The Labute approximate surface area is 91.0 Å². The summed E-state index contributed by atoms with van der Waals surface area (Å²) in [4.78, 5) is 25.9. The number of aromatic amines is 2. The van der Waals surface area contributed by atoms with Gasteiger partial charge in [-0.25, -0.2) is 4.98 Å². The molecule has 6 heteroatoms. The lowest BCUT2D eigenvalue weighted by atomic mass is 10.2. The lowest BCUT2D eigenvalue weighted by molar-refractivity contribution is 0.771. The van der Waals surface area contributed by atoms with E-state index >= 15 is 0 Å². The van der Waals surface area contributed by atoms with Crippen molar-refractivity contribution in [1.29, 1.82) is 0 Å². The van der Waals surface area contributed by atoms with Gasteiger partial charge in [0.1, 0.15) is 0 Å². The number of aromatic nitrogens is 4. The number of nitrogens with one attached hydrogen (secondary N) is 2. The molecule has 16 heavy (non-hydrogen) atoms. The van der Waals surface area contributed by atoms with Gasteiger partial charge in [-0.3, -0.25) is 14.7 Å². The smallest absolute Gasteiger partial charge is 0.310 e. The van der Waals surface area contributed by atoms with Crippen LogP contribution in [0.5, 0.6) is 0 Å². The second kappa shape index (κ2) is 4.18. The number of nitrogens with zero attached hydrogens (tertiary/aromatic N) is 2. The van der Waals surface area contributed by atoms with Crippen LogP contribution in [0, 0.1) is 0 Å². The second-order valence-corrected chi connectivity index (χ2v) is 3.61. The van der Waals surface area contributed by atoms with Crippen molar-refractivity contribution in [3.63, 3.8) is 0 Å². The van der Waals surface area contributed by atoms with Crippen LogP contribution in [0.1, 0.15) is 11.4 Å². The Morgan fingerprint density at radius 1 is 1.31 bits per heavy atom. The molecule has 6 nitrogen and oxygen atoms in total. The SMILES string of the molecule is Cn1cncc1CCc1cc(=O)c(=O)[nH][nH]1. The average Bonchev–Trinajstić information content (AvgIpc) is 2.66. The molecule has 0 radical (unpaired) electrons. The maximum Gasteiger partial charge on any atom is 0.310 e. The normalized spacial score (nSPS) is 10.6. The van der Waals surface area contributed by atoms with Gasteiger partial charge in [0.25, 0.3) is 0 Å². The molecule has 2 N–H and O–H groups in total. The summed E-state index contributed by atoms with van der Waals surface area (Å²) in [5, 5.41) is 4.99. The molecule has 0 unspecified atom stereocenters. The van der Waals surface area contributed by atoms with Crippen LogP contribution < -0.4 is 11.0 Å². The first-order valence-electron chi connectivity index (χ1n) is 4.93. The van der Waals surface area contributed by atoms with Crippen LogP contribution >= 0.6 is 0 Å². The molecule has 0 fully saturated rings. The molecule has 0 aliphatic rings. The van der Waals surface area contributed by atoms with Crippen LogP contribution in [0.15, 0.2) is 28.2 Å². The maximum absolute atomic E-state index is 11.1. The van der Waals surface area contributed by atoms with Crippen molar-refractivity contribution in [2.24, 2.45) is 7.05 Å². The van der Waals surface area contributed by atoms with Gasteiger partial charge in [0, 0.05) is 30.7 Å². The largest absolute Gasteiger partial charge is 0.338 e. The monoisotopic (exact) mass is 220 g/mol. The van der Waals surface area contributed by atoms with E-state index in [0.29, 0.717) is 12.1 Å². The summed E-state index contributed by atoms with van der Waals surface area (Å²) in [6.45, 7) is 0. The molecule has 0 bridgehead atoms. The highest BCUT2D eigenvalue weighted by molar-refractivity contribution is 5.05. The molecule has 0 aromatic carbocycles. The summed E-state index contributed by atoms with van der Waals surface area (Å²) in [5.74, 6) is 0. The van der Waals surface area contributed by atoms with Crippen molar-refractivity contribution < 1.29 is 0 Å². The van der Waals surface area contributed by atoms with Gasteiger partial charge >= 0.3 is 5.56 Å². The van der Waals surface area contributed by atoms with Crippen LogP contribution in [-0.4, -0.2) is 19.7 Å². The molecular formula is C10H12N4O2. The first-order chi connectivity index (χ1) is 7.66. The van der Waals surface area contributed by atoms with Crippen molar-refractivity contribution in [3.8, 4) is 0 Å². The van der Waals surface area contributed by atoms with E-state index in [0.717, 1.165) is 12.1 Å². The van der Waals surface area contributed by atoms with Crippen molar-refractivity contribution in [3.05, 3.63) is 50.6 Å². The van der Waals surface area contributed by atoms with Crippen LogP contribution in [0.25, 0.3) is 0 Å². The third kappa shape index (κ3) is 2.10. The van der Waals surface area contributed by atoms with Crippen molar-refractivity contribution in [1.82, 2.24) is 19.7 Å². The number of H-pyrrole nitrogens is 2. The predicted molar refractivity (Wildman–Crippen MR) is 58.3 cm³/mol. The number of aryl methyl sites for hydroxylation is 3. The van der Waals surface area contributed by atoms with Crippen LogP contribution in [0.3, 0.4) is 0 Å². The molecule has 0 aliphatic carbocycles. The summed E-state index contributed by atoms with van der Waals surface area (Å²) < 4.78 is 1.92. The van der Waals surface area contributed by atoms with Crippen molar-refractivity contribution in [2.45, 2.75) is 12.8 Å². The average molecular weight is 220 g/mol. The molecule has 2 aromatic heterocycles. The minimum atomic E-state index is -0.621. The highest BCUT2D eigenvalue weighted by Gasteiger charge is 2.01. The van der Waals surface area contributed by atoms with Gasteiger partial charge in [0.05, 0.1) is 6.33 Å². The van der Waals surface area contributed by atoms with Gasteiger partial charge < -0.3 is 9.67 Å². The fourth-order valence-electron chi connectivity index (χ4n) is 1.48. The van der Waals surface area contributed by atoms with Crippen molar-refractivity contribution >= 4 is 0 Å².